The van der Waals surface area contributed by atoms with Crippen LogP contribution in [-0.2, 0) is 16.5 Å². The summed E-state index contributed by atoms with van der Waals surface area (Å²) in [4.78, 5) is 12.2. The van der Waals surface area contributed by atoms with Crippen molar-refractivity contribution in [3.05, 3.63) is 42.3 Å². The van der Waals surface area contributed by atoms with E-state index in [4.69, 9.17) is 13.9 Å². The largest absolute Gasteiger partial charge is 0.464 e. The van der Waals surface area contributed by atoms with E-state index in [1.807, 2.05) is 24.3 Å². The molecular weight excluding hydrogens is 284 g/mol. The van der Waals surface area contributed by atoms with Crippen molar-refractivity contribution < 1.29 is 18.7 Å². The summed E-state index contributed by atoms with van der Waals surface area (Å²) in [6.45, 7) is 0.561. The zero-order valence-corrected chi connectivity index (χ0v) is 12.4. The van der Waals surface area contributed by atoms with Gasteiger partial charge in [-0.2, -0.15) is 5.10 Å². The fourth-order valence-electron chi connectivity index (χ4n) is 2.29. The fourth-order valence-corrected chi connectivity index (χ4v) is 2.29. The van der Waals surface area contributed by atoms with Crippen molar-refractivity contribution in [2.75, 3.05) is 20.3 Å². The molecule has 0 aliphatic carbocycles. The molecule has 0 unspecified atom stereocenters. The number of carbonyl (C=O) groups excluding carboxylic acids is 1. The molecule has 0 N–H and O–H groups in total. The van der Waals surface area contributed by atoms with E-state index in [-0.39, 0.29) is 6.61 Å². The number of fused-ring (bicyclic) bond motifs is 1. The van der Waals surface area contributed by atoms with Crippen molar-refractivity contribution in [1.82, 2.24) is 9.78 Å². The number of ether oxygens (including phenoxy) is 2. The van der Waals surface area contributed by atoms with Crippen LogP contribution in [0, 0.1) is 0 Å². The van der Waals surface area contributed by atoms with Crippen molar-refractivity contribution in [2.45, 2.75) is 0 Å². The predicted molar refractivity (Wildman–Crippen MR) is 80.6 cm³/mol. The number of hydrogen-bond donors (Lipinski definition) is 0. The second-order valence-electron chi connectivity index (χ2n) is 4.84. The molecule has 2 heterocycles. The Bertz CT molecular complexity index is 803. The standard InChI is InChI=1S/C16H16N2O4/c1-18-9-12(16(19)21-8-7-20-2)15(17-18)13-10-22-14-6-4-3-5-11(13)14/h3-6,9-10H,7-8H2,1-2H3. The number of nitrogens with zero attached hydrogens (tertiary/aromatic N) is 2. The Labute approximate surface area is 127 Å². The average molecular weight is 300 g/mol. The number of benzene rings is 1. The van der Waals surface area contributed by atoms with E-state index < -0.39 is 5.97 Å². The van der Waals surface area contributed by atoms with E-state index in [0.29, 0.717) is 17.9 Å². The van der Waals surface area contributed by atoms with Gasteiger partial charge in [0.05, 0.1) is 6.61 Å². The molecule has 2 aromatic heterocycles. The number of carbonyl (C=O) groups is 1. The van der Waals surface area contributed by atoms with Gasteiger partial charge in [0.25, 0.3) is 0 Å². The van der Waals surface area contributed by atoms with Crippen molar-refractivity contribution in [3.63, 3.8) is 0 Å². The minimum atomic E-state index is -0.426. The fraction of sp³-hybridized carbons (Fsp3) is 0.250. The highest BCUT2D eigenvalue weighted by Crippen LogP contribution is 2.31. The van der Waals surface area contributed by atoms with Gasteiger partial charge in [-0.3, -0.25) is 4.68 Å². The van der Waals surface area contributed by atoms with Crippen LogP contribution < -0.4 is 0 Å². The molecule has 114 valence electrons. The van der Waals surface area contributed by atoms with Gasteiger partial charge in [-0.15, -0.1) is 0 Å². The lowest BCUT2D eigenvalue weighted by atomic mass is 10.1. The molecule has 0 saturated heterocycles. The van der Waals surface area contributed by atoms with Gasteiger partial charge in [0.2, 0.25) is 0 Å². The predicted octanol–water partition coefficient (Wildman–Crippen LogP) is 2.64. The number of para-hydroxylation sites is 1. The summed E-state index contributed by atoms with van der Waals surface area (Å²) in [5.74, 6) is -0.426. The average Bonchev–Trinajstić information content (AvgIpc) is 3.10. The molecule has 0 aliphatic heterocycles. The molecular formula is C16H16N2O4. The monoisotopic (exact) mass is 300 g/mol. The first-order valence-electron chi connectivity index (χ1n) is 6.87. The maximum absolute atomic E-state index is 12.2. The third kappa shape index (κ3) is 2.60. The molecule has 22 heavy (non-hydrogen) atoms. The maximum atomic E-state index is 12.2. The van der Waals surface area contributed by atoms with Crippen LogP contribution in [0.15, 0.2) is 41.1 Å². The summed E-state index contributed by atoms with van der Waals surface area (Å²) >= 11 is 0. The van der Waals surface area contributed by atoms with Gasteiger partial charge in [-0.25, -0.2) is 4.79 Å². The third-order valence-electron chi connectivity index (χ3n) is 3.31. The summed E-state index contributed by atoms with van der Waals surface area (Å²) < 4.78 is 17.2. The van der Waals surface area contributed by atoms with E-state index >= 15 is 0 Å². The summed E-state index contributed by atoms with van der Waals surface area (Å²) in [5, 5.41) is 5.29. The van der Waals surface area contributed by atoms with Gasteiger partial charge in [-0.1, -0.05) is 18.2 Å². The number of furan rings is 1. The highest BCUT2D eigenvalue weighted by Gasteiger charge is 2.21. The molecule has 0 atom stereocenters. The molecule has 3 aromatic rings. The SMILES string of the molecule is COCCOC(=O)c1cn(C)nc1-c1coc2ccccc12. The van der Waals surface area contributed by atoms with Crippen molar-refractivity contribution in [3.8, 4) is 11.3 Å². The van der Waals surface area contributed by atoms with Gasteiger partial charge in [0.15, 0.2) is 0 Å². The minimum Gasteiger partial charge on any atom is -0.464 e. The highest BCUT2D eigenvalue weighted by atomic mass is 16.6. The Morgan fingerprint density at radius 1 is 1.32 bits per heavy atom. The first-order chi connectivity index (χ1) is 10.7. The molecule has 3 rings (SSSR count). The van der Waals surface area contributed by atoms with Gasteiger partial charge in [-0.05, 0) is 6.07 Å². The summed E-state index contributed by atoms with van der Waals surface area (Å²) in [6.07, 6.45) is 3.26. The summed E-state index contributed by atoms with van der Waals surface area (Å²) in [7, 11) is 3.32. The van der Waals surface area contributed by atoms with Crippen LogP contribution in [-0.4, -0.2) is 36.1 Å². The smallest absolute Gasteiger partial charge is 0.342 e. The Balaban J connectivity index is 1.99. The van der Waals surface area contributed by atoms with Crippen molar-refractivity contribution in [1.29, 1.82) is 0 Å². The second-order valence-corrected chi connectivity index (χ2v) is 4.84. The molecule has 0 fully saturated rings. The quantitative estimate of drug-likeness (QED) is 0.535. The van der Waals surface area contributed by atoms with Gasteiger partial charge in [0.1, 0.15) is 29.7 Å². The third-order valence-corrected chi connectivity index (χ3v) is 3.31. The van der Waals surface area contributed by atoms with Crippen molar-refractivity contribution in [2.24, 2.45) is 7.05 Å². The lowest BCUT2D eigenvalue weighted by Gasteiger charge is -2.03. The van der Waals surface area contributed by atoms with Crippen LogP contribution in [0.2, 0.25) is 0 Å². The Morgan fingerprint density at radius 3 is 2.95 bits per heavy atom. The first kappa shape index (κ1) is 14.3. The maximum Gasteiger partial charge on any atom is 0.342 e. The van der Waals surface area contributed by atoms with E-state index in [1.165, 1.54) is 0 Å². The normalized spacial score (nSPS) is 11.0. The number of rotatable bonds is 5. The number of aryl methyl sites for hydroxylation is 1. The van der Waals surface area contributed by atoms with E-state index in [2.05, 4.69) is 5.10 Å². The topological polar surface area (TPSA) is 66.5 Å². The zero-order valence-electron chi connectivity index (χ0n) is 12.4. The molecule has 6 nitrogen and oxygen atoms in total. The van der Waals surface area contributed by atoms with Gasteiger partial charge < -0.3 is 13.9 Å². The van der Waals surface area contributed by atoms with Crippen LogP contribution in [0.25, 0.3) is 22.2 Å². The first-order valence-corrected chi connectivity index (χ1v) is 6.87. The Hall–Kier alpha value is -2.60. The zero-order chi connectivity index (χ0) is 15.5. The number of aromatic nitrogens is 2. The molecule has 1 aromatic carbocycles. The molecule has 6 heteroatoms. The van der Waals surface area contributed by atoms with Crippen LogP contribution in [0.1, 0.15) is 10.4 Å². The van der Waals surface area contributed by atoms with E-state index in [0.717, 1.165) is 16.5 Å². The molecule has 0 spiro atoms. The van der Waals surface area contributed by atoms with Crippen LogP contribution in [0.5, 0.6) is 0 Å². The second kappa shape index (κ2) is 6.03. The number of esters is 1. The molecule has 0 amide bonds. The summed E-state index contributed by atoms with van der Waals surface area (Å²) in [5.41, 5.74) is 2.48. The Kier molecular flexibility index (Phi) is 3.93. The van der Waals surface area contributed by atoms with Crippen LogP contribution in [0.3, 0.4) is 0 Å². The molecule has 0 bridgehead atoms. The molecule has 0 saturated carbocycles. The van der Waals surface area contributed by atoms with Gasteiger partial charge in [0, 0.05) is 31.3 Å². The lowest BCUT2D eigenvalue weighted by Crippen LogP contribution is -2.10. The highest BCUT2D eigenvalue weighted by molar-refractivity contribution is 6.01. The van der Waals surface area contributed by atoms with Gasteiger partial charge >= 0.3 is 5.97 Å². The van der Waals surface area contributed by atoms with E-state index in [1.54, 1.807) is 31.3 Å². The lowest BCUT2D eigenvalue weighted by molar-refractivity contribution is 0.0389. The van der Waals surface area contributed by atoms with Crippen molar-refractivity contribution >= 4 is 16.9 Å². The minimum absolute atomic E-state index is 0.204. The Morgan fingerprint density at radius 2 is 2.14 bits per heavy atom. The number of methoxy groups -OCH3 is 1. The number of hydrogen-bond acceptors (Lipinski definition) is 5. The molecule has 0 radical (unpaired) electrons. The van der Waals surface area contributed by atoms with Crippen LogP contribution >= 0.6 is 0 Å². The molecule has 0 aliphatic rings. The van der Waals surface area contributed by atoms with Crippen LogP contribution in [0.4, 0.5) is 0 Å². The summed E-state index contributed by atoms with van der Waals surface area (Å²) in [6, 6.07) is 7.62. The van der Waals surface area contributed by atoms with E-state index in [9.17, 15) is 4.79 Å².